The quantitative estimate of drug-likeness (QED) is 0.851. The normalized spacial score (nSPS) is 27.2. The maximum Gasteiger partial charge on any atom is 0.0703 e. The van der Waals surface area contributed by atoms with E-state index in [9.17, 15) is 5.11 Å². The second-order valence-corrected chi connectivity index (χ2v) is 7.02. The summed E-state index contributed by atoms with van der Waals surface area (Å²) in [7, 11) is 1.98. The lowest BCUT2D eigenvalue weighted by atomic mass is 9.83. The van der Waals surface area contributed by atoms with Crippen LogP contribution in [0.5, 0.6) is 0 Å². The first-order chi connectivity index (χ1) is 8.84. The van der Waals surface area contributed by atoms with Crippen LogP contribution < -0.4 is 0 Å². The van der Waals surface area contributed by atoms with Crippen LogP contribution >= 0.6 is 0 Å². The van der Waals surface area contributed by atoms with Crippen molar-refractivity contribution in [2.24, 2.45) is 12.5 Å². The lowest BCUT2D eigenvalue weighted by Crippen LogP contribution is -2.32. The van der Waals surface area contributed by atoms with Crippen LogP contribution in [0.15, 0.2) is 6.07 Å². The highest BCUT2D eigenvalue weighted by molar-refractivity contribution is 5.13. The molecule has 2 rings (SSSR count). The molecule has 3 heteroatoms. The zero-order valence-electron chi connectivity index (χ0n) is 12.9. The van der Waals surface area contributed by atoms with Crippen molar-refractivity contribution in [2.45, 2.75) is 71.3 Å². The SMILES string of the molecule is CCc1cc(CC2(O)CCCC(C)(C)CC2)n(C)n1. The predicted molar refractivity (Wildman–Crippen MR) is 78.1 cm³/mol. The van der Waals surface area contributed by atoms with Crippen molar-refractivity contribution in [3.05, 3.63) is 17.5 Å². The molecule has 1 N–H and O–H groups in total. The van der Waals surface area contributed by atoms with Crippen LogP contribution in [-0.2, 0) is 19.9 Å². The summed E-state index contributed by atoms with van der Waals surface area (Å²) >= 11 is 0. The summed E-state index contributed by atoms with van der Waals surface area (Å²) < 4.78 is 1.94. The molecule has 1 saturated carbocycles. The van der Waals surface area contributed by atoms with E-state index in [1.54, 1.807) is 0 Å². The Hall–Kier alpha value is -0.830. The first-order valence-electron chi connectivity index (χ1n) is 7.58. The first-order valence-corrected chi connectivity index (χ1v) is 7.58. The number of hydrogen-bond donors (Lipinski definition) is 1. The van der Waals surface area contributed by atoms with Gasteiger partial charge < -0.3 is 5.11 Å². The van der Waals surface area contributed by atoms with E-state index in [2.05, 4.69) is 31.9 Å². The molecule has 1 atom stereocenters. The fraction of sp³-hybridized carbons (Fsp3) is 0.812. The predicted octanol–water partition coefficient (Wildman–Crippen LogP) is 3.25. The fourth-order valence-corrected chi connectivity index (χ4v) is 3.14. The molecule has 0 saturated heterocycles. The van der Waals surface area contributed by atoms with Gasteiger partial charge in [0.05, 0.1) is 11.3 Å². The highest BCUT2D eigenvalue weighted by Gasteiger charge is 2.34. The Kier molecular flexibility index (Phi) is 4.05. The molecular formula is C16H28N2O. The Morgan fingerprint density at radius 2 is 2.00 bits per heavy atom. The summed E-state index contributed by atoms with van der Waals surface area (Å²) in [6.45, 7) is 6.75. The molecule has 1 fully saturated rings. The number of aromatic nitrogens is 2. The van der Waals surface area contributed by atoms with Crippen molar-refractivity contribution >= 4 is 0 Å². The zero-order chi connectivity index (χ0) is 14.1. The molecular weight excluding hydrogens is 236 g/mol. The molecule has 1 unspecified atom stereocenters. The van der Waals surface area contributed by atoms with Gasteiger partial charge in [0.15, 0.2) is 0 Å². The van der Waals surface area contributed by atoms with Crippen LogP contribution in [0.3, 0.4) is 0 Å². The van der Waals surface area contributed by atoms with Gasteiger partial charge in [-0.15, -0.1) is 0 Å². The minimum Gasteiger partial charge on any atom is -0.389 e. The molecule has 1 aromatic rings. The highest BCUT2D eigenvalue weighted by Crippen LogP contribution is 2.39. The van der Waals surface area contributed by atoms with Gasteiger partial charge in [-0.25, -0.2) is 0 Å². The van der Waals surface area contributed by atoms with Crippen molar-refractivity contribution < 1.29 is 5.11 Å². The number of rotatable bonds is 3. The van der Waals surface area contributed by atoms with E-state index in [1.807, 2.05) is 11.7 Å². The maximum absolute atomic E-state index is 10.9. The Bertz CT molecular complexity index is 436. The van der Waals surface area contributed by atoms with Crippen molar-refractivity contribution in [1.82, 2.24) is 9.78 Å². The lowest BCUT2D eigenvalue weighted by molar-refractivity contribution is 0.0209. The van der Waals surface area contributed by atoms with Gasteiger partial charge in [0.25, 0.3) is 0 Å². The minimum absolute atomic E-state index is 0.380. The third-order valence-electron chi connectivity index (χ3n) is 4.66. The van der Waals surface area contributed by atoms with E-state index in [-0.39, 0.29) is 0 Å². The van der Waals surface area contributed by atoms with Crippen LogP contribution in [0, 0.1) is 5.41 Å². The van der Waals surface area contributed by atoms with Gasteiger partial charge in [-0.1, -0.05) is 27.2 Å². The second-order valence-electron chi connectivity index (χ2n) is 7.02. The molecule has 0 spiro atoms. The average Bonchev–Trinajstić information content (AvgIpc) is 2.60. The fourth-order valence-electron chi connectivity index (χ4n) is 3.14. The smallest absolute Gasteiger partial charge is 0.0703 e. The third-order valence-corrected chi connectivity index (χ3v) is 4.66. The number of hydrogen-bond acceptors (Lipinski definition) is 2. The zero-order valence-corrected chi connectivity index (χ0v) is 12.9. The van der Waals surface area contributed by atoms with Crippen molar-refractivity contribution in [3.8, 4) is 0 Å². The Labute approximate surface area is 117 Å². The van der Waals surface area contributed by atoms with E-state index in [0.717, 1.165) is 44.2 Å². The molecule has 1 aliphatic rings. The summed E-state index contributed by atoms with van der Waals surface area (Å²) in [6, 6.07) is 2.15. The van der Waals surface area contributed by atoms with Gasteiger partial charge in [-0.2, -0.15) is 5.10 Å². The van der Waals surface area contributed by atoms with Gasteiger partial charge in [0, 0.05) is 19.2 Å². The molecule has 0 aromatic carbocycles. The monoisotopic (exact) mass is 264 g/mol. The van der Waals surface area contributed by atoms with Crippen LogP contribution in [0.4, 0.5) is 0 Å². The molecule has 1 heterocycles. The maximum atomic E-state index is 10.9. The standard InChI is InChI=1S/C16H28N2O/c1-5-13-11-14(18(4)17-13)12-16(19)8-6-7-15(2,3)9-10-16/h11,19H,5-10,12H2,1-4H3. The van der Waals surface area contributed by atoms with Crippen molar-refractivity contribution in [2.75, 3.05) is 0 Å². The molecule has 0 aliphatic heterocycles. The van der Waals surface area contributed by atoms with Crippen molar-refractivity contribution in [3.63, 3.8) is 0 Å². The van der Waals surface area contributed by atoms with E-state index in [4.69, 9.17) is 0 Å². The summed E-state index contributed by atoms with van der Waals surface area (Å²) in [5.74, 6) is 0. The Morgan fingerprint density at radius 3 is 2.63 bits per heavy atom. The minimum atomic E-state index is -0.535. The summed E-state index contributed by atoms with van der Waals surface area (Å²) in [5.41, 5.74) is 2.13. The number of aryl methyl sites for hydroxylation is 2. The van der Waals surface area contributed by atoms with Gasteiger partial charge in [-0.05, 0) is 43.6 Å². The molecule has 0 amide bonds. The van der Waals surface area contributed by atoms with E-state index >= 15 is 0 Å². The van der Waals surface area contributed by atoms with Gasteiger partial charge in [0.2, 0.25) is 0 Å². The van der Waals surface area contributed by atoms with Gasteiger partial charge >= 0.3 is 0 Å². The van der Waals surface area contributed by atoms with E-state index in [1.165, 1.54) is 12.1 Å². The molecule has 3 nitrogen and oxygen atoms in total. The molecule has 0 radical (unpaired) electrons. The molecule has 0 bridgehead atoms. The second kappa shape index (κ2) is 5.28. The molecule has 1 aromatic heterocycles. The van der Waals surface area contributed by atoms with Crippen LogP contribution in [0.2, 0.25) is 0 Å². The topological polar surface area (TPSA) is 38.0 Å². The summed E-state index contributed by atoms with van der Waals surface area (Å²) in [6.07, 6.45) is 6.99. The Balaban J connectivity index is 2.10. The number of aliphatic hydroxyl groups is 1. The summed E-state index contributed by atoms with van der Waals surface area (Å²) in [4.78, 5) is 0. The number of nitrogens with zero attached hydrogens (tertiary/aromatic N) is 2. The highest BCUT2D eigenvalue weighted by atomic mass is 16.3. The van der Waals surface area contributed by atoms with Gasteiger partial charge in [0.1, 0.15) is 0 Å². The van der Waals surface area contributed by atoms with E-state index in [0.29, 0.717) is 5.41 Å². The average molecular weight is 264 g/mol. The van der Waals surface area contributed by atoms with Crippen LogP contribution in [0.1, 0.15) is 64.3 Å². The summed E-state index contributed by atoms with van der Waals surface area (Å²) in [5, 5.41) is 15.4. The molecule has 19 heavy (non-hydrogen) atoms. The Morgan fingerprint density at radius 1 is 1.26 bits per heavy atom. The van der Waals surface area contributed by atoms with E-state index < -0.39 is 5.60 Å². The molecule has 1 aliphatic carbocycles. The van der Waals surface area contributed by atoms with Crippen LogP contribution in [0.25, 0.3) is 0 Å². The lowest BCUT2D eigenvalue weighted by Gasteiger charge is -2.28. The third kappa shape index (κ3) is 3.59. The van der Waals surface area contributed by atoms with Crippen LogP contribution in [-0.4, -0.2) is 20.5 Å². The first kappa shape index (κ1) is 14.6. The van der Waals surface area contributed by atoms with Gasteiger partial charge in [-0.3, -0.25) is 4.68 Å². The largest absolute Gasteiger partial charge is 0.389 e. The van der Waals surface area contributed by atoms with Crippen molar-refractivity contribution in [1.29, 1.82) is 0 Å². The molecule has 108 valence electrons.